The molecule has 4 heteroatoms. The summed E-state index contributed by atoms with van der Waals surface area (Å²) in [6.07, 6.45) is 4.13. The molecule has 2 rings (SSSR count). The molecule has 0 saturated heterocycles. The summed E-state index contributed by atoms with van der Waals surface area (Å²) >= 11 is 14.1. The Kier molecular flexibility index (Phi) is 3.70. The van der Waals surface area contributed by atoms with Gasteiger partial charge in [-0.2, -0.15) is 0 Å². The third kappa shape index (κ3) is 3.24. The third-order valence-electron chi connectivity index (χ3n) is 1.78. The summed E-state index contributed by atoms with van der Waals surface area (Å²) in [4.78, 5) is 1.19. The normalized spacial score (nSPS) is 11.0. The molecule has 1 heterocycles. The van der Waals surface area contributed by atoms with Crippen LogP contribution in [0.1, 0.15) is 10.4 Å². The molecular formula is C11H7ClS3. The van der Waals surface area contributed by atoms with Crippen molar-refractivity contribution in [3.8, 4) is 0 Å². The van der Waals surface area contributed by atoms with Gasteiger partial charge in [-0.1, -0.05) is 42.0 Å². The van der Waals surface area contributed by atoms with Crippen molar-refractivity contribution in [2.24, 2.45) is 0 Å². The lowest BCUT2D eigenvalue weighted by Crippen LogP contribution is -1.69. The molecule has 0 saturated carbocycles. The average molecular weight is 271 g/mol. The van der Waals surface area contributed by atoms with Crippen LogP contribution in [0.4, 0.5) is 0 Å². The van der Waals surface area contributed by atoms with Crippen molar-refractivity contribution < 1.29 is 0 Å². The van der Waals surface area contributed by atoms with Gasteiger partial charge in [-0.25, -0.2) is 0 Å². The van der Waals surface area contributed by atoms with E-state index in [2.05, 4.69) is 17.5 Å². The van der Waals surface area contributed by atoms with Crippen LogP contribution in [-0.4, -0.2) is 0 Å². The van der Waals surface area contributed by atoms with Crippen molar-refractivity contribution in [1.29, 1.82) is 0 Å². The van der Waals surface area contributed by atoms with Gasteiger partial charge < -0.3 is 0 Å². The van der Waals surface area contributed by atoms with Crippen LogP contribution in [0.3, 0.4) is 0 Å². The van der Waals surface area contributed by atoms with Gasteiger partial charge in [0.25, 0.3) is 0 Å². The van der Waals surface area contributed by atoms with Crippen molar-refractivity contribution in [2.45, 2.75) is 0 Å². The fraction of sp³-hybridized carbons (Fsp3) is 0. The fourth-order valence-electron chi connectivity index (χ4n) is 1.08. The zero-order chi connectivity index (χ0) is 10.7. The monoisotopic (exact) mass is 270 g/mol. The Balaban J connectivity index is 2.18. The standard InChI is InChI=1S/C11H7ClS3/c12-9-4-1-8(2-5-9)3-6-10-7-14-11(13)15-10/h1-7H/b6-3+. The molecule has 2 aromatic rings. The first-order chi connectivity index (χ1) is 7.24. The van der Waals surface area contributed by atoms with Crippen LogP contribution in [-0.2, 0) is 0 Å². The van der Waals surface area contributed by atoms with Crippen LogP contribution in [0.25, 0.3) is 12.2 Å². The molecule has 0 fully saturated rings. The van der Waals surface area contributed by atoms with E-state index in [1.54, 1.807) is 22.7 Å². The summed E-state index contributed by atoms with van der Waals surface area (Å²) in [5, 5.41) is 2.83. The Labute approximate surface area is 106 Å². The minimum absolute atomic E-state index is 0.762. The summed E-state index contributed by atoms with van der Waals surface area (Å²) in [6, 6.07) is 7.75. The van der Waals surface area contributed by atoms with Gasteiger partial charge in [0, 0.05) is 15.3 Å². The smallest absolute Gasteiger partial charge is 0.121 e. The average Bonchev–Trinajstić information content (AvgIpc) is 2.64. The van der Waals surface area contributed by atoms with E-state index < -0.39 is 0 Å². The molecule has 0 aliphatic heterocycles. The highest BCUT2D eigenvalue weighted by Crippen LogP contribution is 2.20. The minimum atomic E-state index is 0.762. The maximum atomic E-state index is 5.80. The van der Waals surface area contributed by atoms with Gasteiger partial charge in [0.15, 0.2) is 0 Å². The Bertz CT molecular complexity index is 519. The molecule has 76 valence electrons. The van der Waals surface area contributed by atoms with E-state index in [9.17, 15) is 0 Å². The highest BCUT2D eigenvalue weighted by molar-refractivity contribution is 7.76. The van der Waals surface area contributed by atoms with E-state index in [1.165, 1.54) is 4.88 Å². The first kappa shape index (κ1) is 11.0. The van der Waals surface area contributed by atoms with Crippen molar-refractivity contribution in [2.75, 3.05) is 0 Å². The second kappa shape index (κ2) is 5.03. The molecule has 0 spiro atoms. The van der Waals surface area contributed by atoms with Crippen LogP contribution in [0.15, 0.2) is 29.6 Å². The molecule has 0 atom stereocenters. The first-order valence-corrected chi connectivity index (χ1v) is 6.74. The van der Waals surface area contributed by atoms with Gasteiger partial charge in [-0.05, 0) is 23.8 Å². The Morgan fingerprint density at radius 3 is 2.47 bits per heavy atom. The molecule has 0 amide bonds. The van der Waals surface area contributed by atoms with Gasteiger partial charge in [0.05, 0.1) is 0 Å². The molecule has 0 unspecified atom stereocenters. The lowest BCUT2D eigenvalue weighted by Gasteiger charge is -1.92. The lowest BCUT2D eigenvalue weighted by atomic mass is 10.2. The molecule has 0 N–H and O–H groups in total. The maximum Gasteiger partial charge on any atom is 0.144 e. The molecule has 1 aromatic carbocycles. The number of rotatable bonds is 2. The van der Waals surface area contributed by atoms with E-state index in [-0.39, 0.29) is 0 Å². The predicted octanol–water partition coefficient (Wildman–Crippen LogP) is 5.36. The zero-order valence-electron chi connectivity index (χ0n) is 7.64. The van der Waals surface area contributed by atoms with Crippen molar-refractivity contribution in [1.82, 2.24) is 0 Å². The Morgan fingerprint density at radius 1 is 1.13 bits per heavy atom. The van der Waals surface area contributed by atoms with Gasteiger partial charge in [-0.3, -0.25) is 0 Å². The maximum absolute atomic E-state index is 5.80. The van der Waals surface area contributed by atoms with Gasteiger partial charge in [-0.15, -0.1) is 22.7 Å². The van der Waals surface area contributed by atoms with E-state index >= 15 is 0 Å². The summed E-state index contributed by atoms with van der Waals surface area (Å²) in [5.74, 6) is 0. The van der Waals surface area contributed by atoms with Crippen molar-refractivity contribution >= 4 is 58.6 Å². The van der Waals surface area contributed by atoms with Crippen molar-refractivity contribution in [3.63, 3.8) is 0 Å². The van der Waals surface area contributed by atoms with Gasteiger partial charge in [0.2, 0.25) is 0 Å². The number of benzene rings is 1. The van der Waals surface area contributed by atoms with E-state index in [1.807, 2.05) is 24.3 Å². The second-order valence-corrected chi connectivity index (χ2v) is 6.46. The second-order valence-electron chi connectivity index (χ2n) is 2.88. The quantitative estimate of drug-likeness (QED) is 0.662. The lowest BCUT2D eigenvalue weighted by molar-refractivity contribution is 1.66. The summed E-state index contributed by atoms with van der Waals surface area (Å²) < 4.78 is 0.964. The Morgan fingerprint density at radius 2 is 1.87 bits per heavy atom. The largest absolute Gasteiger partial charge is 0.144 e. The molecule has 0 aliphatic rings. The van der Waals surface area contributed by atoms with E-state index in [4.69, 9.17) is 23.8 Å². The summed E-state index contributed by atoms with van der Waals surface area (Å²) in [7, 11) is 0. The predicted molar refractivity (Wildman–Crippen MR) is 73.4 cm³/mol. The highest BCUT2D eigenvalue weighted by atomic mass is 35.5. The fourth-order valence-corrected chi connectivity index (χ4v) is 3.22. The highest BCUT2D eigenvalue weighted by Gasteiger charge is 1.91. The van der Waals surface area contributed by atoms with Crippen LogP contribution in [0, 0.1) is 3.14 Å². The molecule has 0 aliphatic carbocycles. The molecule has 0 radical (unpaired) electrons. The van der Waals surface area contributed by atoms with E-state index in [0.29, 0.717) is 0 Å². The number of halogens is 1. The summed E-state index contributed by atoms with van der Waals surface area (Å²) in [5.41, 5.74) is 1.14. The number of hydrogen-bond donors (Lipinski definition) is 0. The molecule has 1 aromatic heterocycles. The van der Waals surface area contributed by atoms with E-state index in [0.717, 1.165) is 13.7 Å². The summed E-state index contributed by atoms with van der Waals surface area (Å²) in [6.45, 7) is 0. The molecule has 0 bridgehead atoms. The number of hydrogen-bond acceptors (Lipinski definition) is 3. The first-order valence-electron chi connectivity index (χ1n) is 4.26. The van der Waals surface area contributed by atoms with Crippen molar-refractivity contribution in [3.05, 3.63) is 48.2 Å². The SMILES string of the molecule is S=c1scc(/C=C/c2ccc(Cl)cc2)s1. The molecule has 0 nitrogen and oxygen atoms in total. The van der Waals surface area contributed by atoms with Crippen LogP contribution < -0.4 is 0 Å². The van der Waals surface area contributed by atoms with Crippen LogP contribution in [0.5, 0.6) is 0 Å². The van der Waals surface area contributed by atoms with Gasteiger partial charge in [0.1, 0.15) is 3.14 Å². The van der Waals surface area contributed by atoms with Gasteiger partial charge >= 0.3 is 0 Å². The Hall–Kier alpha value is -0.480. The molecule has 15 heavy (non-hydrogen) atoms. The third-order valence-corrected chi connectivity index (χ3v) is 4.48. The van der Waals surface area contributed by atoms with Crippen LogP contribution >= 0.6 is 46.5 Å². The zero-order valence-corrected chi connectivity index (χ0v) is 10.8. The topological polar surface area (TPSA) is 0 Å². The minimum Gasteiger partial charge on any atom is -0.121 e. The molecular weight excluding hydrogens is 264 g/mol. The van der Waals surface area contributed by atoms with Crippen LogP contribution in [0.2, 0.25) is 5.02 Å².